The summed E-state index contributed by atoms with van der Waals surface area (Å²) >= 11 is 0. The fourth-order valence-electron chi connectivity index (χ4n) is 2.75. The molecule has 1 saturated carbocycles. The maximum Gasteiger partial charge on any atom is 0.225 e. The molecule has 2 fully saturated rings. The molecule has 2 heterocycles. The molecule has 0 atom stereocenters. The fraction of sp³-hybridized carbons (Fsp3) is 0.625. The predicted molar refractivity (Wildman–Crippen MR) is 79.7 cm³/mol. The summed E-state index contributed by atoms with van der Waals surface area (Å²) in [5.74, 6) is 1.13. The van der Waals surface area contributed by atoms with Crippen LogP contribution in [-0.4, -0.2) is 34.9 Å². The molecule has 0 spiro atoms. The summed E-state index contributed by atoms with van der Waals surface area (Å²) in [7, 11) is 0. The molecule has 0 unspecified atom stereocenters. The van der Waals surface area contributed by atoms with Crippen LogP contribution in [0.25, 0.3) is 0 Å². The van der Waals surface area contributed by atoms with Gasteiger partial charge in [0.15, 0.2) is 0 Å². The van der Waals surface area contributed by atoms with Crippen molar-refractivity contribution in [1.82, 2.24) is 9.88 Å². The summed E-state index contributed by atoms with van der Waals surface area (Å²) in [6, 6.07) is 4.50. The predicted octanol–water partition coefficient (Wildman–Crippen LogP) is 2.63. The molecule has 0 aromatic carbocycles. The van der Waals surface area contributed by atoms with Crippen LogP contribution in [0.15, 0.2) is 18.3 Å². The van der Waals surface area contributed by atoms with Crippen molar-refractivity contribution in [2.75, 3.05) is 18.4 Å². The van der Waals surface area contributed by atoms with Gasteiger partial charge in [-0.2, -0.15) is 0 Å². The quantitative estimate of drug-likeness (QED) is 0.917. The number of likely N-dealkylation sites (tertiary alicyclic amines) is 1. The van der Waals surface area contributed by atoms with E-state index in [1.807, 2.05) is 17.2 Å². The largest absolute Gasteiger partial charge is 0.379 e. The van der Waals surface area contributed by atoms with Gasteiger partial charge < -0.3 is 10.2 Å². The molecule has 20 heavy (non-hydrogen) atoms. The summed E-state index contributed by atoms with van der Waals surface area (Å²) in [4.78, 5) is 18.4. The van der Waals surface area contributed by atoms with Gasteiger partial charge in [-0.15, -0.1) is 0 Å². The monoisotopic (exact) mass is 273 g/mol. The standard InChI is InChI=1S/C16H23N3O/c1-11(2)15-8-13(6-7-17-15)18-14-9-19(10-14)16(20)12-4-3-5-12/h6-8,11-12,14H,3-5,9-10H2,1-2H3,(H,17,18). The maximum absolute atomic E-state index is 12.0. The molecule has 1 amide bonds. The molecular formula is C16H23N3O. The van der Waals surface area contributed by atoms with Crippen molar-refractivity contribution in [3.8, 4) is 0 Å². The van der Waals surface area contributed by atoms with E-state index >= 15 is 0 Å². The number of carbonyl (C=O) groups excluding carboxylic acids is 1. The Hall–Kier alpha value is -1.58. The highest BCUT2D eigenvalue weighted by Gasteiger charge is 2.36. The van der Waals surface area contributed by atoms with E-state index in [2.05, 4.69) is 30.2 Å². The number of hydrogen-bond donors (Lipinski definition) is 1. The zero-order chi connectivity index (χ0) is 14.1. The van der Waals surface area contributed by atoms with Crippen LogP contribution in [0.5, 0.6) is 0 Å². The van der Waals surface area contributed by atoms with Gasteiger partial charge in [-0.3, -0.25) is 9.78 Å². The molecular weight excluding hydrogens is 250 g/mol. The summed E-state index contributed by atoms with van der Waals surface area (Å²) in [5, 5.41) is 3.50. The SMILES string of the molecule is CC(C)c1cc(NC2CN(C(=O)C3CCC3)C2)ccn1. The first-order valence-electron chi connectivity index (χ1n) is 7.65. The van der Waals surface area contributed by atoms with Gasteiger partial charge >= 0.3 is 0 Å². The molecule has 1 aromatic rings. The van der Waals surface area contributed by atoms with Crippen molar-refractivity contribution in [1.29, 1.82) is 0 Å². The highest BCUT2D eigenvalue weighted by Crippen LogP contribution is 2.30. The molecule has 1 saturated heterocycles. The number of nitrogens with one attached hydrogen (secondary N) is 1. The van der Waals surface area contributed by atoms with Gasteiger partial charge in [0, 0.05) is 36.6 Å². The van der Waals surface area contributed by atoms with Crippen LogP contribution >= 0.6 is 0 Å². The average Bonchev–Trinajstić information content (AvgIpc) is 2.31. The molecule has 1 aliphatic carbocycles. The third kappa shape index (κ3) is 2.65. The first kappa shape index (κ1) is 13.4. The van der Waals surface area contributed by atoms with Crippen molar-refractivity contribution >= 4 is 11.6 Å². The first-order valence-corrected chi connectivity index (χ1v) is 7.65. The molecule has 4 nitrogen and oxygen atoms in total. The minimum atomic E-state index is 0.324. The number of carbonyl (C=O) groups is 1. The molecule has 3 rings (SSSR count). The summed E-state index contributed by atoms with van der Waals surface area (Å²) < 4.78 is 0. The molecule has 108 valence electrons. The van der Waals surface area contributed by atoms with E-state index < -0.39 is 0 Å². The maximum atomic E-state index is 12.0. The Morgan fingerprint density at radius 2 is 2.15 bits per heavy atom. The third-order valence-electron chi connectivity index (χ3n) is 4.39. The van der Waals surface area contributed by atoms with Crippen molar-refractivity contribution in [3.63, 3.8) is 0 Å². The highest BCUT2D eigenvalue weighted by molar-refractivity contribution is 5.80. The number of nitrogens with zero attached hydrogens (tertiary/aromatic N) is 2. The third-order valence-corrected chi connectivity index (χ3v) is 4.39. The van der Waals surface area contributed by atoms with Crippen molar-refractivity contribution in [3.05, 3.63) is 24.0 Å². The lowest BCUT2D eigenvalue weighted by Crippen LogP contribution is -2.58. The second kappa shape index (κ2) is 5.43. The van der Waals surface area contributed by atoms with Gasteiger partial charge in [0.05, 0.1) is 6.04 Å². The molecule has 4 heteroatoms. The zero-order valence-corrected chi connectivity index (χ0v) is 12.3. The van der Waals surface area contributed by atoms with Crippen LogP contribution < -0.4 is 5.32 Å². The lowest BCUT2D eigenvalue weighted by molar-refractivity contribution is -0.142. The second-order valence-corrected chi connectivity index (χ2v) is 6.34. The highest BCUT2D eigenvalue weighted by atomic mass is 16.2. The fourth-order valence-corrected chi connectivity index (χ4v) is 2.75. The summed E-state index contributed by atoms with van der Waals surface area (Å²) in [6.45, 7) is 5.98. The van der Waals surface area contributed by atoms with Crippen LogP contribution in [0.2, 0.25) is 0 Å². The van der Waals surface area contributed by atoms with Crippen LogP contribution in [-0.2, 0) is 4.79 Å². The minimum Gasteiger partial charge on any atom is -0.379 e. The summed E-state index contributed by atoms with van der Waals surface area (Å²) in [5.41, 5.74) is 2.22. The molecule has 2 aliphatic rings. The van der Waals surface area contributed by atoms with Crippen molar-refractivity contribution in [2.45, 2.75) is 45.1 Å². The van der Waals surface area contributed by atoms with Crippen molar-refractivity contribution in [2.24, 2.45) is 5.92 Å². The normalized spacial score (nSPS) is 19.6. The van der Waals surface area contributed by atoms with E-state index in [4.69, 9.17) is 0 Å². The molecule has 1 aliphatic heterocycles. The van der Waals surface area contributed by atoms with Crippen molar-refractivity contribution < 1.29 is 4.79 Å². The number of hydrogen-bond acceptors (Lipinski definition) is 3. The smallest absolute Gasteiger partial charge is 0.225 e. The number of pyridine rings is 1. The lowest BCUT2D eigenvalue weighted by Gasteiger charge is -2.43. The van der Waals surface area contributed by atoms with Gasteiger partial charge in [-0.1, -0.05) is 20.3 Å². The Morgan fingerprint density at radius 3 is 2.75 bits per heavy atom. The molecule has 0 bridgehead atoms. The van der Waals surface area contributed by atoms with Gasteiger partial charge in [-0.25, -0.2) is 0 Å². The second-order valence-electron chi connectivity index (χ2n) is 6.34. The van der Waals surface area contributed by atoms with Gasteiger partial charge in [0.25, 0.3) is 0 Å². The topological polar surface area (TPSA) is 45.2 Å². The number of rotatable bonds is 4. The van der Waals surface area contributed by atoms with Gasteiger partial charge in [-0.05, 0) is 30.9 Å². The van der Waals surface area contributed by atoms with Crippen LogP contribution in [0.1, 0.15) is 44.7 Å². The van der Waals surface area contributed by atoms with E-state index in [9.17, 15) is 4.79 Å². The summed E-state index contributed by atoms with van der Waals surface area (Å²) in [6.07, 6.45) is 5.26. The van der Waals surface area contributed by atoms with E-state index in [0.29, 0.717) is 23.8 Å². The number of aromatic nitrogens is 1. The van der Waals surface area contributed by atoms with Gasteiger partial charge in [0.2, 0.25) is 5.91 Å². The average molecular weight is 273 g/mol. The molecule has 1 N–H and O–H groups in total. The van der Waals surface area contributed by atoms with Crippen LogP contribution in [0, 0.1) is 5.92 Å². The Bertz CT molecular complexity index is 490. The number of anilines is 1. The Labute approximate surface area is 120 Å². The Morgan fingerprint density at radius 1 is 1.40 bits per heavy atom. The van der Waals surface area contributed by atoms with E-state index in [-0.39, 0.29) is 0 Å². The lowest BCUT2D eigenvalue weighted by atomic mass is 9.83. The van der Waals surface area contributed by atoms with E-state index in [0.717, 1.165) is 37.3 Å². The Kier molecular flexibility index (Phi) is 3.64. The first-order chi connectivity index (χ1) is 9.63. The van der Waals surface area contributed by atoms with Crippen LogP contribution in [0.3, 0.4) is 0 Å². The number of amides is 1. The minimum absolute atomic E-state index is 0.324. The Balaban J connectivity index is 1.51. The zero-order valence-electron chi connectivity index (χ0n) is 12.3. The van der Waals surface area contributed by atoms with E-state index in [1.54, 1.807) is 0 Å². The molecule has 1 aromatic heterocycles. The van der Waals surface area contributed by atoms with E-state index in [1.165, 1.54) is 6.42 Å². The molecule has 0 radical (unpaired) electrons. The van der Waals surface area contributed by atoms with Crippen LogP contribution in [0.4, 0.5) is 5.69 Å². The van der Waals surface area contributed by atoms with Gasteiger partial charge in [0.1, 0.15) is 0 Å².